The van der Waals surface area contributed by atoms with Crippen LogP contribution in [-0.4, -0.2) is 29.3 Å². The molecular formula is C16H11Cl2FN2O4. The van der Waals surface area contributed by atoms with E-state index in [1.54, 1.807) is 0 Å². The molecule has 0 saturated carbocycles. The number of rotatable bonds is 5. The van der Waals surface area contributed by atoms with E-state index in [2.05, 4.69) is 10.3 Å². The second-order valence-electron chi connectivity index (χ2n) is 4.87. The lowest BCUT2D eigenvalue weighted by molar-refractivity contribution is -0.114. The summed E-state index contributed by atoms with van der Waals surface area (Å²) in [6, 6.07) is 4.80. The topological polar surface area (TPSA) is 85.4 Å². The minimum absolute atomic E-state index is 0.00341. The number of aromatic nitrogens is 1. The second-order valence-corrected chi connectivity index (χ2v) is 5.64. The highest BCUT2D eigenvalue weighted by Gasteiger charge is 2.17. The third-order valence-corrected chi connectivity index (χ3v) is 3.64. The predicted octanol–water partition coefficient (Wildman–Crippen LogP) is 3.53. The molecule has 6 nitrogen and oxygen atoms in total. The van der Waals surface area contributed by atoms with Crippen LogP contribution in [0.15, 0.2) is 30.5 Å². The van der Waals surface area contributed by atoms with Crippen LogP contribution in [0.1, 0.15) is 27.6 Å². The standard InChI is InChI=1S/C16H11Cl2FN2O4/c1-8(22)21-10-2-3-11(13(19)5-10)14(23)7-25-16(24)9-4-12(17)15(18)20-6-9/h2-6H,7H2,1H3,(H,21,22). The first-order valence-electron chi connectivity index (χ1n) is 6.86. The van der Waals surface area contributed by atoms with Crippen LogP contribution in [0.25, 0.3) is 0 Å². The van der Waals surface area contributed by atoms with Crippen molar-refractivity contribution in [3.8, 4) is 0 Å². The van der Waals surface area contributed by atoms with Crippen LogP contribution in [0.5, 0.6) is 0 Å². The van der Waals surface area contributed by atoms with Crippen molar-refractivity contribution in [2.24, 2.45) is 0 Å². The maximum Gasteiger partial charge on any atom is 0.340 e. The number of hydrogen-bond acceptors (Lipinski definition) is 5. The number of nitrogens with zero attached hydrogens (tertiary/aromatic N) is 1. The molecule has 0 atom stereocenters. The molecule has 0 saturated heterocycles. The molecule has 0 radical (unpaired) electrons. The van der Waals surface area contributed by atoms with Crippen molar-refractivity contribution in [2.45, 2.75) is 6.92 Å². The smallest absolute Gasteiger partial charge is 0.340 e. The summed E-state index contributed by atoms with van der Waals surface area (Å²) in [6.07, 6.45) is 1.14. The fourth-order valence-electron chi connectivity index (χ4n) is 1.85. The van der Waals surface area contributed by atoms with Crippen LogP contribution < -0.4 is 5.32 Å². The Labute approximate surface area is 151 Å². The lowest BCUT2D eigenvalue weighted by atomic mass is 10.1. The summed E-state index contributed by atoms with van der Waals surface area (Å²) in [4.78, 5) is 38.4. The molecule has 2 rings (SSSR count). The number of esters is 1. The van der Waals surface area contributed by atoms with Gasteiger partial charge >= 0.3 is 5.97 Å². The van der Waals surface area contributed by atoms with E-state index in [4.69, 9.17) is 27.9 Å². The molecular weight excluding hydrogens is 374 g/mol. The third kappa shape index (κ3) is 4.98. The summed E-state index contributed by atoms with van der Waals surface area (Å²) >= 11 is 11.4. The number of benzene rings is 1. The molecule has 0 aliphatic heterocycles. The Morgan fingerprint density at radius 3 is 2.56 bits per heavy atom. The first-order valence-corrected chi connectivity index (χ1v) is 7.62. The van der Waals surface area contributed by atoms with E-state index in [-0.39, 0.29) is 32.9 Å². The summed E-state index contributed by atoms with van der Waals surface area (Å²) in [7, 11) is 0. The van der Waals surface area contributed by atoms with E-state index in [0.717, 1.165) is 12.3 Å². The minimum Gasteiger partial charge on any atom is -0.454 e. The SMILES string of the molecule is CC(=O)Nc1ccc(C(=O)COC(=O)c2cnc(Cl)c(Cl)c2)c(F)c1. The Bertz CT molecular complexity index is 858. The maximum absolute atomic E-state index is 13.9. The van der Waals surface area contributed by atoms with Gasteiger partial charge < -0.3 is 10.1 Å². The van der Waals surface area contributed by atoms with E-state index < -0.39 is 24.2 Å². The number of anilines is 1. The molecule has 0 fully saturated rings. The molecule has 1 aromatic heterocycles. The van der Waals surface area contributed by atoms with Gasteiger partial charge in [-0.25, -0.2) is 14.2 Å². The molecule has 0 aliphatic carbocycles. The van der Waals surface area contributed by atoms with Gasteiger partial charge in [-0.1, -0.05) is 23.2 Å². The van der Waals surface area contributed by atoms with E-state index >= 15 is 0 Å². The second kappa shape index (κ2) is 8.04. The van der Waals surface area contributed by atoms with Gasteiger partial charge in [0.05, 0.1) is 16.1 Å². The number of hydrogen-bond donors (Lipinski definition) is 1. The van der Waals surface area contributed by atoms with Gasteiger partial charge in [-0.3, -0.25) is 9.59 Å². The van der Waals surface area contributed by atoms with Crippen LogP contribution in [0.4, 0.5) is 10.1 Å². The van der Waals surface area contributed by atoms with Crippen molar-refractivity contribution >= 4 is 46.5 Å². The minimum atomic E-state index is -0.852. The van der Waals surface area contributed by atoms with Crippen molar-refractivity contribution in [3.05, 3.63) is 57.6 Å². The molecule has 2 aromatic rings. The van der Waals surface area contributed by atoms with Gasteiger partial charge in [0.2, 0.25) is 11.7 Å². The number of nitrogens with one attached hydrogen (secondary N) is 1. The molecule has 0 spiro atoms. The third-order valence-electron chi connectivity index (χ3n) is 2.96. The quantitative estimate of drug-likeness (QED) is 0.484. The highest BCUT2D eigenvalue weighted by Crippen LogP contribution is 2.20. The number of ketones is 1. The van der Waals surface area contributed by atoms with E-state index in [1.807, 2.05) is 0 Å². The number of ether oxygens (including phenoxy) is 1. The first kappa shape index (κ1) is 18.8. The molecule has 25 heavy (non-hydrogen) atoms. The van der Waals surface area contributed by atoms with Gasteiger partial charge in [0.25, 0.3) is 0 Å². The Morgan fingerprint density at radius 2 is 1.96 bits per heavy atom. The average Bonchev–Trinajstić information content (AvgIpc) is 2.54. The van der Waals surface area contributed by atoms with Gasteiger partial charge in [-0.15, -0.1) is 0 Å². The zero-order valence-corrected chi connectivity index (χ0v) is 14.3. The van der Waals surface area contributed by atoms with Gasteiger partial charge in [-0.05, 0) is 24.3 Å². The van der Waals surface area contributed by atoms with Crippen LogP contribution in [0.3, 0.4) is 0 Å². The Kier molecular flexibility index (Phi) is 6.06. The van der Waals surface area contributed by atoms with Gasteiger partial charge in [-0.2, -0.15) is 0 Å². The molecule has 1 N–H and O–H groups in total. The van der Waals surface area contributed by atoms with Crippen molar-refractivity contribution in [1.82, 2.24) is 4.98 Å². The average molecular weight is 385 g/mol. The van der Waals surface area contributed by atoms with Crippen LogP contribution in [0, 0.1) is 5.82 Å². The summed E-state index contributed by atoms with van der Waals surface area (Å²) in [5.74, 6) is -2.81. The summed E-state index contributed by atoms with van der Waals surface area (Å²) in [6.45, 7) is 0.601. The molecule has 1 amide bonds. The van der Waals surface area contributed by atoms with E-state index in [0.29, 0.717) is 0 Å². The summed E-state index contributed by atoms with van der Waals surface area (Å²) in [5, 5.41) is 2.47. The molecule has 1 aromatic carbocycles. The van der Waals surface area contributed by atoms with Crippen molar-refractivity contribution in [1.29, 1.82) is 0 Å². The number of amides is 1. The summed E-state index contributed by atoms with van der Waals surface area (Å²) in [5.41, 5.74) is -0.0572. The number of halogens is 3. The molecule has 0 unspecified atom stereocenters. The van der Waals surface area contributed by atoms with Crippen LogP contribution in [-0.2, 0) is 9.53 Å². The molecule has 9 heteroatoms. The lowest BCUT2D eigenvalue weighted by Gasteiger charge is -2.07. The lowest BCUT2D eigenvalue weighted by Crippen LogP contribution is -2.16. The van der Waals surface area contributed by atoms with Crippen LogP contribution in [0.2, 0.25) is 10.2 Å². The Balaban J connectivity index is 2.03. The van der Waals surface area contributed by atoms with Gasteiger partial charge in [0.1, 0.15) is 11.0 Å². The van der Waals surface area contributed by atoms with Crippen molar-refractivity contribution in [2.75, 3.05) is 11.9 Å². The fourth-order valence-corrected chi connectivity index (χ4v) is 2.12. The highest BCUT2D eigenvalue weighted by molar-refractivity contribution is 6.41. The first-order chi connectivity index (χ1) is 11.8. The predicted molar refractivity (Wildman–Crippen MR) is 89.6 cm³/mol. The monoisotopic (exact) mass is 384 g/mol. The Morgan fingerprint density at radius 1 is 1.24 bits per heavy atom. The van der Waals surface area contributed by atoms with Crippen molar-refractivity contribution in [3.63, 3.8) is 0 Å². The Hall–Kier alpha value is -2.51. The van der Waals surface area contributed by atoms with Crippen molar-refractivity contribution < 1.29 is 23.5 Å². The van der Waals surface area contributed by atoms with E-state index in [9.17, 15) is 18.8 Å². The zero-order valence-electron chi connectivity index (χ0n) is 12.8. The number of pyridine rings is 1. The van der Waals surface area contributed by atoms with Gasteiger partial charge in [0, 0.05) is 18.8 Å². The van der Waals surface area contributed by atoms with Gasteiger partial charge in [0.15, 0.2) is 6.61 Å². The molecule has 0 aliphatic rings. The number of carbonyl (C=O) groups is 3. The zero-order chi connectivity index (χ0) is 18.6. The van der Waals surface area contributed by atoms with E-state index in [1.165, 1.54) is 25.1 Å². The number of carbonyl (C=O) groups excluding carboxylic acids is 3. The fraction of sp³-hybridized carbons (Fsp3) is 0.125. The summed E-state index contributed by atoms with van der Waals surface area (Å²) < 4.78 is 18.8. The molecule has 1 heterocycles. The largest absolute Gasteiger partial charge is 0.454 e. The number of Topliss-reactive ketones (excluding diaryl/α,β-unsaturated/α-hetero) is 1. The van der Waals surface area contributed by atoms with Crippen LogP contribution >= 0.6 is 23.2 Å². The molecule has 130 valence electrons. The maximum atomic E-state index is 13.9. The highest BCUT2D eigenvalue weighted by atomic mass is 35.5. The molecule has 0 bridgehead atoms. The normalized spacial score (nSPS) is 10.2.